The first kappa shape index (κ1) is 16.0. The van der Waals surface area contributed by atoms with Crippen molar-refractivity contribution in [3.63, 3.8) is 0 Å². The molecule has 0 spiro atoms. The molecule has 0 atom stereocenters. The van der Waals surface area contributed by atoms with Crippen molar-refractivity contribution in [2.24, 2.45) is 12.8 Å². The first-order valence-electron chi connectivity index (χ1n) is 7.56. The number of nitrogens with two attached hydrogens (primary N) is 1. The van der Waals surface area contributed by atoms with Gasteiger partial charge in [0.05, 0.1) is 0 Å². The summed E-state index contributed by atoms with van der Waals surface area (Å²) in [7, 11) is 2.02. The van der Waals surface area contributed by atoms with E-state index < -0.39 is 0 Å². The molecule has 0 bridgehead atoms. The van der Waals surface area contributed by atoms with Crippen molar-refractivity contribution in [2.45, 2.75) is 27.2 Å². The molecule has 3 N–H and O–H groups in total. The number of aromatic nitrogens is 1. The number of hydrogen-bond donors (Lipinski definition) is 2. The van der Waals surface area contributed by atoms with E-state index in [1.54, 1.807) is 12.1 Å². The van der Waals surface area contributed by atoms with Crippen LogP contribution in [-0.4, -0.2) is 9.67 Å². The van der Waals surface area contributed by atoms with Crippen LogP contribution in [0.15, 0.2) is 36.2 Å². The molecular weight excluding hydrogens is 272 g/mol. The predicted molar refractivity (Wildman–Crippen MR) is 93.7 cm³/mol. The highest BCUT2D eigenvalue weighted by Gasteiger charge is 2.07. The van der Waals surface area contributed by atoms with Crippen LogP contribution in [-0.2, 0) is 7.05 Å². The van der Waals surface area contributed by atoms with E-state index in [0.717, 1.165) is 39.4 Å². The number of phenolic OH excluding ortho intramolecular Hbond substituents is 1. The third kappa shape index (κ3) is 3.25. The Morgan fingerprint density at radius 3 is 2.64 bits per heavy atom. The Kier molecular flexibility index (Phi) is 4.76. The van der Waals surface area contributed by atoms with Crippen molar-refractivity contribution in [1.29, 1.82) is 0 Å². The van der Waals surface area contributed by atoms with E-state index >= 15 is 0 Å². The molecule has 0 amide bonds. The minimum absolute atomic E-state index is 0.281. The average molecular weight is 296 g/mol. The second kappa shape index (κ2) is 6.56. The Hall–Kier alpha value is -2.42. The Morgan fingerprint density at radius 2 is 2.05 bits per heavy atom. The molecule has 0 aliphatic carbocycles. The molecular formula is C19H24N2O. The quantitative estimate of drug-likeness (QED) is 0.914. The van der Waals surface area contributed by atoms with Crippen molar-refractivity contribution in [1.82, 2.24) is 4.57 Å². The maximum atomic E-state index is 9.88. The number of aromatic hydroxyl groups is 1. The monoisotopic (exact) mass is 296 g/mol. The minimum Gasteiger partial charge on any atom is -0.508 e. The second-order valence-electron chi connectivity index (χ2n) is 5.56. The molecule has 1 heterocycles. The lowest BCUT2D eigenvalue weighted by Crippen LogP contribution is -2.28. The van der Waals surface area contributed by atoms with Gasteiger partial charge in [-0.1, -0.05) is 25.1 Å². The summed E-state index contributed by atoms with van der Waals surface area (Å²) < 4.78 is 2.08. The molecule has 0 aliphatic rings. The lowest BCUT2D eigenvalue weighted by Gasteiger charge is -2.03. The van der Waals surface area contributed by atoms with Gasteiger partial charge in [-0.05, 0) is 49.6 Å². The Labute approximate surface area is 131 Å². The van der Waals surface area contributed by atoms with Gasteiger partial charge in [0.2, 0.25) is 0 Å². The third-order valence-electron chi connectivity index (χ3n) is 3.67. The summed E-state index contributed by atoms with van der Waals surface area (Å²) in [5.74, 6) is 0.281. The average Bonchev–Trinajstić information content (AvgIpc) is 2.74. The fraction of sp³-hybridized carbons (Fsp3) is 0.263. The number of benzene rings is 1. The summed E-state index contributed by atoms with van der Waals surface area (Å²) in [6, 6.07) is 5.62. The van der Waals surface area contributed by atoms with Crippen LogP contribution in [0.1, 0.15) is 25.8 Å². The highest BCUT2D eigenvalue weighted by molar-refractivity contribution is 5.69. The molecule has 0 saturated heterocycles. The van der Waals surface area contributed by atoms with Crippen molar-refractivity contribution in [3.05, 3.63) is 52.3 Å². The van der Waals surface area contributed by atoms with Crippen LogP contribution in [0.4, 0.5) is 0 Å². The first-order valence-corrected chi connectivity index (χ1v) is 7.56. The van der Waals surface area contributed by atoms with E-state index in [9.17, 15) is 5.11 Å². The van der Waals surface area contributed by atoms with Gasteiger partial charge in [0, 0.05) is 35.1 Å². The highest BCUT2D eigenvalue weighted by Crippen LogP contribution is 2.22. The van der Waals surface area contributed by atoms with Crippen molar-refractivity contribution < 1.29 is 5.11 Å². The van der Waals surface area contributed by atoms with Crippen LogP contribution in [0.25, 0.3) is 23.3 Å². The van der Waals surface area contributed by atoms with Gasteiger partial charge in [0.15, 0.2) is 0 Å². The fourth-order valence-electron chi connectivity index (χ4n) is 2.78. The van der Waals surface area contributed by atoms with Gasteiger partial charge >= 0.3 is 0 Å². The zero-order chi connectivity index (χ0) is 16.3. The Morgan fingerprint density at radius 1 is 1.32 bits per heavy atom. The standard InChI is InChI=1S/C19H24N2O/c1-5-7-15(20)11-17-18(12-21(4)19(17)6-2)14-8-13(3)9-16(22)10-14/h6-12,22H,5,20H2,1-4H3/b15-7-,17-11-,19-6+. The molecule has 3 nitrogen and oxygen atoms in total. The van der Waals surface area contributed by atoms with Gasteiger partial charge in [-0.15, -0.1) is 0 Å². The summed E-state index contributed by atoms with van der Waals surface area (Å²) >= 11 is 0. The molecule has 0 fully saturated rings. The van der Waals surface area contributed by atoms with E-state index in [-0.39, 0.29) is 5.75 Å². The van der Waals surface area contributed by atoms with Gasteiger partial charge in [-0.3, -0.25) is 0 Å². The lowest BCUT2D eigenvalue weighted by atomic mass is 10.0. The molecule has 2 aromatic rings. The fourth-order valence-corrected chi connectivity index (χ4v) is 2.78. The molecule has 22 heavy (non-hydrogen) atoms. The van der Waals surface area contributed by atoms with Crippen molar-refractivity contribution in [2.75, 3.05) is 0 Å². The molecule has 0 unspecified atom stereocenters. The van der Waals surface area contributed by atoms with Crippen LogP contribution in [0.3, 0.4) is 0 Å². The smallest absolute Gasteiger partial charge is 0.116 e. The predicted octanol–water partition coefficient (Wildman–Crippen LogP) is 2.54. The molecule has 3 heteroatoms. The SMILES string of the molecule is C\C=c1/c(=C\C(N)=C\CC)c(-c2cc(C)cc(O)c2)cn1C. The van der Waals surface area contributed by atoms with Crippen LogP contribution in [0.5, 0.6) is 5.75 Å². The number of hydrogen-bond acceptors (Lipinski definition) is 2. The van der Waals surface area contributed by atoms with Gasteiger partial charge in [0.1, 0.15) is 5.75 Å². The second-order valence-corrected chi connectivity index (χ2v) is 5.56. The molecule has 0 aliphatic heterocycles. The van der Waals surface area contributed by atoms with E-state index in [0.29, 0.717) is 0 Å². The van der Waals surface area contributed by atoms with Gasteiger partial charge in [0.25, 0.3) is 0 Å². The van der Waals surface area contributed by atoms with Gasteiger partial charge < -0.3 is 15.4 Å². The van der Waals surface area contributed by atoms with Crippen molar-refractivity contribution >= 4 is 12.2 Å². The van der Waals surface area contributed by atoms with Crippen molar-refractivity contribution in [3.8, 4) is 16.9 Å². The Balaban J connectivity index is 2.80. The number of rotatable bonds is 3. The Bertz CT molecular complexity index is 806. The molecule has 1 aromatic carbocycles. The molecule has 116 valence electrons. The van der Waals surface area contributed by atoms with Crippen LogP contribution >= 0.6 is 0 Å². The number of allylic oxidation sites excluding steroid dienone is 2. The summed E-state index contributed by atoms with van der Waals surface area (Å²) in [4.78, 5) is 0. The van der Waals surface area contributed by atoms with Crippen LogP contribution in [0, 0.1) is 6.92 Å². The van der Waals surface area contributed by atoms with Gasteiger partial charge in [-0.2, -0.15) is 0 Å². The maximum absolute atomic E-state index is 9.88. The number of aryl methyl sites for hydroxylation is 2. The number of phenols is 1. The van der Waals surface area contributed by atoms with E-state index in [4.69, 9.17) is 5.73 Å². The topological polar surface area (TPSA) is 51.2 Å². The van der Waals surface area contributed by atoms with E-state index in [1.807, 2.05) is 33.0 Å². The zero-order valence-corrected chi connectivity index (χ0v) is 13.7. The van der Waals surface area contributed by atoms with Gasteiger partial charge in [-0.25, -0.2) is 0 Å². The molecule has 1 aromatic heterocycles. The summed E-state index contributed by atoms with van der Waals surface area (Å²) in [6.07, 6.45) is 9.07. The van der Waals surface area contributed by atoms with Crippen LogP contribution < -0.4 is 16.3 Å². The van der Waals surface area contributed by atoms with E-state index in [1.165, 1.54) is 0 Å². The lowest BCUT2D eigenvalue weighted by molar-refractivity contribution is 0.475. The zero-order valence-electron chi connectivity index (χ0n) is 13.7. The summed E-state index contributed by atoms with van der Waals surface area (Å²) in [5.41, 5.74) is 9.95. The largest absolute Gasteiger partial charge is 0.508 e. The van der Waals surface area contributed by atoms with Crippen LogP contribution in [0.2, 0.25) is 0 Å². The molecule has 0 radical (unpaired) electrons. The third-order valence-corrected chi connectivity index (χ3v) is 3.67. The minimum atomic E-state index is 0.281. The highest BCUT2D eigenvalue weighted by atomic mass is 16.3. The molecule has 2 rings (SSSR count). The summed E-state index contributed by atoms with van der Waals surface area (Å²) in [6.45, 7) is 6.07. The maximum Gasteiger partial charge on any atom is 0.116 e. The number of nitrogens with zero attached hydrogens (tertiary/aromatic N) is 1. The summed E-state index contributed by atoms with van der Waals surface area (Å²) in [5, 5.41) is 12.1. The molecule has 0 saturated carbocycles. The normalized spacial score (nSPS) is 13.9. The first-order chi connectivity index (χ1) is 10.5. The van der Waals surface area contributed by atoms with E-state index in [2.05, 4.69) is 29.8 Å².